The lowest BCUT2D eigenvalue weighted by atomic mass is 9.99. The summed E-state index contributed by atoms with van der Waals surface area (Å²) >= 11 is 0. The third kappa shape index (κ3) is 4.42. The molecule has 2 heterocycles. The van der Waals surface area contributed by atoms with E-state index >= 15 is 0 Å². The SMILES string of the molecule is CC(=O)c1ccc2c3ccc(C(=O)c4ccccc4)cc3n(-c3cccc4c3C(=O)N(c3c(C)cccc3-c3ccccc3)C4=O)c2c1. The van der Waals surface area contributed by atoms with Gasteiger partial charge in [-0.2, -0.15) is 0 Å². The van der Waals surface area contributed by atoms with E-state index in [1.54, 1.807) is 36.4 Å². The lowest BCUT2D eigenvalue weighted by Crippen LogP contribution is -2.30. The molecule has 230 valence electrons. The molecule has 0 atom stereocenters. The van der Waals surface area contributed by atoms with E-state index in [1.165, 1.54) is 11.8 Å². The second kappa shape index (κ2) is 11.1. The first kappa shape index (κ1) is 29.0. The predicted octanol–water partition coefficient (Wildman–Crippen LogP) is 8.99. The van der Waals surface area contributed by atoms with Crippen molar-refractivity contribution in [1.82, 2.24) is 4.57 Å². The zero-order valence-corrected chi connectivity index (χ0v) is 26.2. The predicted molar refractivity (Wildman–Crippen MR) is 188 cm³/mol. The van der Waals surface area contributed by atoms with Crippen LogP contribution in [-0.2, 0) is 0 Å². The van der Waals surface area contributed by atoms with E-state index < -0.39 is 11.8 Å². The van der Waals surface area contributed by atoms with Crippen LogP contribution in [-0.4, -0.2) is 27.9 Å². The smallest absolute Gasteiger partial charge is 0.268 e. The molecule has 0 spiro atoms. The fourth-order valence-corrected chi connectivity index (χ4v) is 6.86. The van der Waals surface area contributed by atoms with Crippen molar-refractivity contribution < 1.29 is 19.2 Å². The van der Waals surface area contributed by atoms with Crippen molar-refractivity contribution in [3.8, 4) is 16.8 Å². The highest BCUT2D eigenvalue weighted by atomic mass is 16.2. The van der Waals surface area contributed by atoms with Gasteiger partial charge in [-0.1, -0.05) is 109 Å². The van der Waals surface area contributed by atoms with Crippen molar-refractivity contribution in [2.45, 2.75) is 13.8 Å². The van der Waals surface area contributed by atoms with E-state index in [2.05, 4.69) is 0 Å². The van der Waals surface area contributed by atoms with Crippen molar-refractivity contribution in [1.29, 1.82) is 0 Å². The number of imide groups is 1. The summed E-state index contributed by atoms with van der Waals surface area (Å²) in [6.07, 6.45) is 0. The number of anilines is 1. The van der Waals surface area contributed by atoms with E-state index in [4.69, 9.17) is 0 Å². The molecule has 0 radical (unpaired) electrons. The molecule has 0 saturated heterocycles. The molecule has 0 saturated carbocycles. The van der Waals surface area contributed by atoms with Gasteiger partial charge in [-0.3, -0.25) is 19.2 Å². The van der Waals surface area contributed by atoms with Crippen molar-refractivity contribution in [3.63, 3.8) is 0 Å². The number of hydrogen-bond acceptors (Lipinski definition) is 4. The van der Waals surface area contributed by atoms with Crippen LogP contribution in [0.5, 0.6) is 0 Å². The monoisotopic (exact) mass is 624 g/mol. The van der Waals surface area contributed by atoms with Gasteiger partial charge in [0.05, 0.1) is 33.5 Å². The summed E-state index contributed by atoms with van der Waals surface area (Å²) in [6.45, 7) is 3.41. The van der Waals surface area contributed by atoms with Crippen LogP contribution in [0.1, 0.15) is 59.5 Å². The van der Waals surface area contributed by atoms with E-state index in [-0.39, 0.29) is 22.7 Å². The molecule has 1 aliphatic rings. The van der Waals surface area contributed by atoms with Crippen molar-refractivity contribution in [3.05, 3.63) is 167 Å². The fraction of sp³-hybridized carbons (Fsp3) is 0.0476. The van der Waals surface area contributed by atoms with Crippen LogP contribution < -0.4 is 4.90 Å². The Kier molecular flexibility index (Phi) is 6.74. The second-order valence-corrected chi connectivity index (χ2v) is 12.0. The summed E-state index contributed by atoms with van der Waals surface area (Å²) < 4.78 is 1.91. The number of aromatic nitrogens is 1. The Bertz CT molecular complexity index is 2490. The Hall–Kier alpha value is -6.40. The van der Waals surface area contributed by atoms with Crippen LogP contribution in [0, 0.1) is 6.92 Å². The van der Waals surface area contributed by atoms with Crippen LogP contribution in [0.25, 0.3) is 38.6 Å². The third-order valence-electron chi connectivity index (χ3n) is 9.15. The first-order valence-electron chi connectivity index (χ1n) is 15.7. The maximum absolute atomic E-state index is 14.7. The summed E-state index contributed by atoms with van der Waals surface area (Å²) in [6, 6.07) is 40.8. The average molecular weight is 625 g/mol. The lowest BCUT2D eigenvalue weighted by molar-refractivity contribution is 0.0923. The van der Waals surface area contributed by atoms with Gasteiger partial charge in [0.15, 0.2) is 11.6 Å². The maximum Gasteiger partial charge on any atom is 0.268 e. The number of rotatable bonds is 6. The second-order valence-electron chi connectivity index (χ2n) is 12.0. The molecule has 0 unspecified atom stereocenters. The minimum atomic E-state index is -0.439. The molecule has 0 aliphatic carbocycles. The molecule has 6 aromatic carbocycles. The molecule has 1 aliphatic heterocycles. The number of aryl methyl sites for hydroxylation is 1. The quantitative estimate of drug-likeness (QED) is 0.137. The Morgan fingerprint density at radius 2 is 1.17 bits per heavy atom. The lowest BCUT2D eigenvalue weighted by Gasteiger charge is -2.21. The molecule has 6 heteroatoms. The normalized spacial score (nSPS) is 12.6. The molecule has 6 nitrogen and oxygen atoms in total. The van der Waals surface area contributed by atoms with Gasteiger partial charge < -0.3 is 4.57 Å². The first-order chi connectivity index (χ1) is 23.3. The van der Waals surface area contributed by atoms with Gasteiger partial charge >= 0.3 is 0 Å². The van der Waals surface area contributed by atoms with Crippen LogP contribution in [0.4, 0.5) is 5.69 Å². The summed E-state index contributed by atoms with van der Waals surface area (Å²) in [7, 11) is 0. The number of carbonyl (C=O) groups excluding carboxylic acids is 4. The van der Waals surface area contributed by atoms with Gasteiger partial charge in [0.25, 0.3) is 11.8 Å². The van der Waals surface area contributed by atoms with E-state index in [0.29, 0.717) is 39.1 Å². The average Bonchev–Trinajstić information content (AvgIpc) is 3.58. The van der Waals surface area contributed by atoms with Gasteiger partial charge in [-0.25, -0.2) is 4.90 Å². The highest BCUT2D eigenvalue weighted by Gasteiger charge is 2.41. The molecule has 0 bridgehead atoms. The van der Waals surface area contributed by atoms with Gasteiger partial charge in [-0.05, 0) is 49.2 Å². The van der Waals surface area contributed by atoms with Gasteiger partial charge in [0.1, 0.15) is 0 Å². The number of amides is 2. The van der Waals surface area contributed by atoms with Gasteiger partial charge in [0, 0.05) is 33.0 Å². The number of para-hydroxylation sites is 1. The maximum atomic E-state index is 14.7. The van der Waals surface area contributed by atoms with Crippen LogP contribution in [0.3, 0.4) is 0 Å². The molecule has 7 aromatic rings. The topological polar surface area (TPSA) is 76.5 Å². The summed E-state index contributed by atoms with van der Waals surface area (Å²) in [5.74, 6) is -1.08. The Morgan fingerprint density at radius 1 is 0.562 bits per heavy atom. The molecule has 1 aromatic heterocycles. The highest BCUT2D eigenvalue weighted by Crippen LogP contribution is 2.42. The number of nitrogens with zero attached hydrogens (tertiary/aromatic N) is 2. The zero-order valence-electron chi connectivity index (χ0n) is 26.2. The first-order valence-corrected chi connectivity index (χ1v) is 15.7. The van der Waals surface area contributed by atoms with E-state index in [0.717, 1.165) is 27.5 Å². The van der Waals surface area contributed by atoms with E-state index in [1.807, 2.05) is 109 Å². The Balaban J connectivity index is 1.37. The van der Waals surface area contributed by atoms with E-state index in [9.17, 15) is 19.2 Å². The Morgan fingerprint density at radius 3 is 1.85 bits per heavy atom. The molecule has 8 rings (SSSR count). The molecular weight excluding hydrogens is 596 g/mol. The van der Waals surface area contributed by atoms with Crippen molar-refractivity contribution in [2.24, 2.45) is 0 Å². The number of hydrogen-bond donors (Lipinski definition) is 0. The Labute approximate surface area is 276 Å². The fourth-order valence-electron chi connectivity index (χ4n) is 6.86. The van der Waals surface area contributed by atoms with Gasteiger partial charge in [0.2, 0.25) is 0 Å². The number of fused-ring (bicyclic) bond motifs is 4. The third-order valence-corrected chi connectivity index (χ3v) is 9.15. The highest BCUT2D eigenvalue weighted by molar-refractivity contribution is 6.37. The minimum Gasteiger partial charge on any atom is -0.308 e. The number of ketones is 2. The molecule has 0 fully saturated rings. The molecule has 48 heavy (non-hydrogen) atoms. The number of benzene rings is 6. The summed E-state index contributed by atoms with van der Waals surface area (Å²) in [5, 5.41) is 1.70. The largest absolute Gasteiger partial charge is 0.308 e. The molecule has 0 N–H and O–H groups in total. The zero-order chi connectivity index (χ0) is 33.1. The van der Waals surface area contributed by atoms with Crippen LogP contribution >= 0.6 is 0 Å². The number of carbonyl (C=O) groups is 4. The van der Waals surface area contributed by atoms with Crippen LogP contribution in [0.2, 0.25) is 0 Å². The molecular formula is C42H28N2O4. The number of Topliss-reactive ketones (excluding diaryl/α,β-unsaturated/α-hetero) is 1. The van der Waals surface area contributed by atoms with Gasteiger partial charge in [-0.15, -0.1) is 0 Å². The summed E-state index contributed by atoms with van der Waals surface area (Å²) in [4.78, 5) is 56.3. The van der Waals surface area contributed by atoms with Crippen molar-refractivity contribution in [2.75, 3.05) is 4.90 Å². The minimum absolute atomic E-state index is 0.0997. The molecule has 2 amide bonds. The summed E-state index contributed by atoms with van der Waals surface area (Å²) in [5.41, 5.74) is 6.96. The van der Waals surface area contributed by atoms with Crippen molar-refractivity contribution >= 4 is 50.9 Å². The van der Waals surface area contributed by atoms with Crippen LogP contribution in [0.15, 0.2) is 133 Å². The standard InChI is InChI=1S/C42H28N2O4/c1-25-11-9-16-31(27-12-5-3-6-13-27)39(25)44-41(47)34-17-10-18-35(38(34)42(44)48)43-36-23-29(26(2)45)19-21-32(36)33-22-20-30(24-37(33)43)40(46)28-14-7-4-8-15-28/h3-24H,1-2H3.